The molecule has 0 aromatic rings. The van der Waals surface area contributed by atoms with Gasteiger partial charge in [0.15, 0.2) is 5.17 Å². The molecule has 5 atom stereocenters. The van der Waals surface area contributed by atoms with E-state index < -0.39 is 12.3 Å². The monoisotopic (exact) mass is 266 g/mol. The number of alkyl halides is 1. The predicted octanol–water partition coefficient (Wildman–Crippen LogP) is 0.200. The van der Waals surface area contributed by atoms with E-state index >= 15 is 0 Å². The Labute approximate surface area is 102 Å². The summed E-state index contributed by atoms with van der Waals surface area (Å²) in [7, 11) is 1.66. The summed E-state index contributed by atoms with van der Waals surface area (Å²) in [6, 6.07) is -0.376. The highest BCUT2D eigenvalue weighted by Crippen LogP contribution is 2.44. The van der Waals surface area contributed by atoms with Gasteiger partial charge in [-0.1, -0.05) is 11.8 Å². The Kier molecular flexibility index (Phi) is 3.99. The van der Waals surface area contributed by atoms with Crippen LogP contribution in [0.5, 0.6) is 0 Å². The number of hydrogen-bond donors (Lipinski definition) is 3. The number of aliphatic hydroxyl groups is 2. The van der Waals surface area contributed by atoms with Crippen LogP contribution in [0.1, 0.15) is 6.42 Å². The molecule has 16 heavy (non-hydrogen) atoms. The van der Waals surface area contributed by atoms with Gasteiger partial charge in [0.1, 0.15) is 6.17 Å². The molecule has 4 nitrogen and oxygen atoms in total. The zero-order valence-corrected chi connectivity index (χ0v) is 10.5. The van der Waals surface area contributed by atoms with Crippen molar-refractivity contribution in [2.45, 2.75) is 34.6 Å². The number of aliphatic imine (C=N–C) groups is 1. The topological polar surface area (TPSA) is 64.9 Å². The van der Waals surface area contributed by atoms with Gasteiger partial charge >= 0.3 is 0 Å². The first-order valence-electron chi connectivity index (χ1n) is 5.15. The molecule has 2 aliphatic rings. The zero-order chi connectivity index (χ0) is 11.7. The number of nitrogens with zero attached hydrogens (tertiary/aromatic N) is 1. The van der Waals surface area contributed by atoms with Gasteiger partial charge in [-0.25, -0.2) is 4.39 Å². The maximum absolute atomic E-state index is 13.9. The number of fused-ring (bicyclic) bond motifs is 1. The summed E-state index contributed by atoms with van der Waals surface area (Å²) in [5.41, 5.74) is 0. The molecular formula is C9H15FN2O2S2. The van der Waals surface area contributed by atoms with E-state index in [-0.39, 0.29) is 22.5 Å². The lowest BCUT2D eigenvalue weighted by molar-refractivity contribution is 0.0497. The second-order valence-electron chi connectivity index (χ2n) is 3.81. The van der Waals surface area contributed by atoms with Crippen LogP contribution in [0, 0.1) is 0 Å². The fourth-order valence-electron chi connectivity index (χ4n) is 1.92. The summed E-state index contributed by atoms with van der Waals surface area (Å²) in [4.78, 5) is 4.00. The molecule has 7 heteroatoms. The fourth-order valence-corrected chi connectivity index (χ4v) is 5.03. The van der Waals surface area contributed by atoms with Crippen LogP contribution in [0.3, 0.4) is 0 Å². The molecule has 2 fully saturated rings. The summed E-state index contributed by atoms with van der Waals surface area (Å²) >= 11 is 3.03. The number of aliphatic hydroxyl groups excluding tert-OH is 2. The minimum atomic E-state index is -1.30. The van der Waals surface area contributed by atoms with Crippen molar-refractivity contribution in [3.8, 4) is 0 Å². The summed E-state index contributed by atoms with van der Waals surface area (Å²) < 4.78 is 14.0. The highest BCUT2D eigenvalue weighted by molar-refractivity contribution is 8.25. The molecule has 3 N–H and O–H groups in total. The second kappa shape index (κ2) is 5.12. The Bertz CT molecular complexity index is 293. The first-order chi connectivity index (χ1) is 7.67. The van der Waals surface area contributed by atoms with E-state index in [1.165, 1.54) is 23.5 Å². The van der Waals surface area contributed by atoms with E-state index in [4.69, 9.17) is 5.11 Å². The van der Waals surface area contributed by atoms with Crippen molar-refractivity contribution in [2.24, 2.45) is 4.99 Å². The molecule has 2 saturated heterocycles. The number of hydrogen-bond acceptors (Lipinski definition) is 5. The number of nitrogens with one attached hydrogen (secondary N) is 1. The lowest BCUT2D eigenvalue weighted by atomic mass is 10.0. The molecule has 0 unspecified atom stereocenters. The number of thioether (sulfide) groups is 2. The summed E-state index contributed by atoms with van der Waals surface area (Å²) in [5.74, 6) is 0. The van der Waals surface area contributed by atoms with Crippen molar-refractivity contribution in [3.05, 3.63) is 0 Å². The minimum absolute atomic E-state index is 0.0222. The third-order valence-corrected chi connectivity index (χ3v) is 5.88. The standard InChI is InChI=1S/C9H15FN2O2S2/c1-11-9-12-6-5(10)7(14)4(2-3-13)15-8(6)16-9/h4-8,13-14H,2-3H2,1H3,(H,11,12)/t4-,5+,6-,7-,8-/m1/s1. The smallest absolute Gasteiger partial charge is 0.157 e. The molecule has 2 rings (SSSR count). The predicted molar refractivity (Wildman–Crippen MR) is 65.6 cm³/mol. The van der Waals surface area contributed by atoms with Crippen molar-refractivity contribution >= 4 is 28.7 Å². The van der Waals surface area contributed by atoms with Crippen molar-refractivity contribution in [1.82, 2.24) is 5.32 Å². The van der Waals surface area contributed by atoms with E-state index in [0.29, 0.717) is 6.42 Å². The lowest BCUT2D eigenvalue weighted by Gasteiger charge is -2.36. The minimum Gasteiger partial charge on any atom is -0.396 e. The quantitative estimate of drug-likeness (QED) is 0.666. The van der Waals surface area contributed by atoms with Gasteiger partial charge in [-0.05, 0) is 6.42 Å². The van der Waals surface area contributed by atoms with Crippen molar-refractivity contribution in [3.63, 3.8) is 0 Å². The van der Waals surface area contributed by atoms with Crippen LogP contribution in [-0.2, 0) is 0 Å². The number of halogens is 1. The van der Waals surface area contributed by atoms with Gasteiger partial charge in [0.25, 0.3) is 0 Å². The lowest BCUT2D eigenvalue weighted by Crippen LogP contribution is -2.53. The third kappa shape index (κ3) is 2.18. The maximum atomic E-state index is 13.9. The molecule has 0 aromatic carbocycles. The summed E-state index contributed by atoms with van der Waals surface area (Å²) in [6.45, 7) is -0.0222. The molecule has 2 heterocycles. The van der Waals surface area contributed by atoms with Gasteiger partial charge in [0.05, 0.1) is 16.7 Å². The van der Waals surface area contributed by atoms with Crippen LogP contribution in [0.4, 0.5) is 4.39 Å². The van der Waals surface area contributed by atoms with Crippen LogP contribution in [0.15, 0.2) is 4.99 Å². The highest BCUT2D eigenvalue weighted by atomic mass is 32.2. The van der Waals surface area contributed by atoms with Gasteiger partial charge in [-0.15, -0.1) is 11.8 Å². The average molecular weight is 266 g/mol. The molecular weight excluding hydrogens is 251 g/mol. The van der Waals surface area contributed by atoms with Gasteiger partial charge < -0.3 is 15.5 Å². The van der Waals surface area contributed by atoms with Crippen LogP contribution in [0.2, 0.25) is 0 Å². The van der Waals surface area contributed by atoms with Crippen LogP contribution < -0.4 is 5.32 Å². The zero-order valence-electron chi connectivity index (χ0n) is 8.84. The summed E-state index contributed by atoms with van der Waals surface area (Å²) in [5, 5.41) is 22.1. The van der Waals surface area contributed by atoms with Crippen molar-refractivity contribution < 1.29 is 14.6 Å². The Morgan fingerprint density at radius 2 is 2.31 bits per heavy atom. The molecule has 92 valence electrons. The largest absolute Gasteiger partial charge is 0.396 e. The second-order valence-corrected chi connectivity index (χ2v) is 6.62. The molecule has 2 aliphatic heterocycles. The van der Waals surface area contributed by atoms with E-state index in [1.54, 1.807) is 7.05 Å². The highest BCUT2D eigenvalue weighted by Gasteiger charge is 2.49. The SMILES string of the molecule is CN=C1N[C@H]2[C@@H](S1)S[C@H](CCO)[C@@H](O)[C@H]2F. The Hall–Kier alpha value is 0.0200. The Morgan fingerprint density at radius 1 is 1.56 bits per heavy atom. The molecule has 0 aromatic heterocycles. The van der Waals surface area contributed by atoms with Crippen LogP contribution >= 0.6 is 23.5 Å². The van der Waals surface area contributed by atoms with Crippen LogP contribution in [0.25, 0.3) is 0 Å². The van der Waals surface area contributed by atoms with E-state index in [2.05, 4.69) is 10.3 Å². The van der Waals surface area contributed by atoms with Gasteiger partial charge in [0, 0.05) is 18.9 Å². The van der Waals surface area contributed by atoms with Gasteiger partial charge in [-0.2, -0.15) is 0 Å². The molecule has 0 bridgehead atoms. The normalized spacial score (nSPS) is 45.5. The van der Waals surface area contributed by atoms with Crippen molar-refractivity contribution in [1.29, 1.82) is 0 Å². The molecule has 0 saturated carbocycles. The van der Waals surface area contributed by atoms with Crippen molar-refractivity contribution in [2.75, 3.05) is 13.7 Å². The first kappa shape index (κ1) is 12.5. The fraction of sp³-hybridized carbons (Fsp3) is 0.889. The Balaban J connectivity index is 2.09. The molecule has 0 amide bonds. The van der Waals surface area contributed by atoms with Gasteiger partial charge in [0.2, 0.25) is 0 Å². The van der Waals surface area contributed by atoms with E-state index in [0.717, 1.165) is 5.17 Å². The third-order valence-electron chi connectivity index (χ3n) is 2.79. The van der Waals surface area contributed by atoms with E-state index in [1.807, 2.05) is 0 Å². The van der Waals surface area contributed by atoms with Gasteiger partial charge in [-0.3, -0.25) is 4.99 Å². The average Bonchev–Trinajstić information content (AvgIpc) is 2.69. The molecule has 0 radical (unpaired) electrons. The molecule has 0 aliphatic carbocycles. The Morgan fingerprint density at radius 3 is 2.94 bits per heavy atom. The first-order valence-corrected chi connectivity index (χ1v) is 6.98. The van der Waals surface area contributed by atoms with Crippen LogP contribution in [-0.4, -0.2) is 57.2 Å². The number of rotatable bonds is 2. The number of amidine groups is 1. The van der Waals surface area contributed by atoms with E-state index in [9.17, 15) is 9.50 Å². The maximum Gasteiger partial charge on any atom is 0.157 e. The summed E-state index contributed by atoms with van der Waals surface area (Å²) in [6.07, 6.45) is -1.88. The molecule has 0 spiro atoms.